The number of benzene rings is 2. The van der Waals surface area contributed by atoms with Crippen molar-refractivity contribution in [2.45, 2.75) is 24.5 Å². The summed E-state index contributed by atoms with van der Waals surface area (Å²) in [4.78, 5) is 16.3. The molecule has 0 spiro atoms. The number of halogens is 2. The molecule has 2 aromatic rings. The van der Waals surface area contributed by atoms with Gasteiger partial charge in [-0.2, -0.15) is 0 Å². The summed E-state index contributed by atoms with van der Waals surface area (Å²) in [6.07, 6.45) is 3.65. The third-order valence-electron chi connectivity index (χ3n) is 6.69. The fourth-order valence-electron chi connectivity index (χ4n) is 4.52. The van der Waals surface area contributed by atoms with Gasteiger partial charge >= 0.3 is 0 Å². The number of nitrogens with zero attached hydrogens (tertiary/aromatic N) is 2. The molecule has 36 heavy (non-hydrogen) atoms. The van der Waals surface area contributed by atoms with E-state index in [9.17, 15) is 15.0 Å². The number of piperidine rings is 1. The first-order valence-corrected chi connectivity index (χ1v) is 12.9. The number of amides is 1. The van der Waals surface area contributed by atoms with Gasteiger partial charge < -0.3 is 29.5 Å². The number of β-amino-alcohol motifs (C(OH)–C–C–N with tert-alkyl or cyclic N) is 1. The Labute approximate surface area is 221 Å². The van der Waals surface area contributed by atoms with Gasteiger partial charge in [-0.05, 0) is 42.7 Å². The molecule has 1 atom stereocenters. The molecule has 0 bridgehead atoms. The second-order valence-electron chi connectivity index (χ2n) is 9.23. The van der Waals surface area contributed by atoms with Crippen LogP contribution in [0.3, 0.4) is 0 Å². The first kappa shape index (κ1) is 26.9. The molecule has 0 radical (unpaired) electrons. The summed E-state index contributed by atoms with van der Waals surface area (Å²) < 4.78 is 11.2. The van der Waals surface area contributed by atoms with E-state index < -0.39 is 11.7 Å². The lowest BCUT2D eigenvalue weighted by Gasteiger charge is -2.39. The standard InChI is InChI=1S/C27H32Cl2N2O5/c28-23-7-6-21(17-24(23)29)27(34)9-11-30(12-10-27)18-22(32)19-36-25-4-2-1-3-20(25)5-8-26(33)31-13-15-35-16-14-31/h1-8,17,22,32,34H,9-16,18-19H2. The lowest BCUT2D eigenvalue weighted by atomic mass is 9.84. The predicted octanol–water partition coefficient (Wildman–Crippen LogP) is 3.59. The molecule has 2 saturated heterocycles. The van der Waals surface area contributed by atoms with Crippen molar-refractivity contribution in [3.8, 4) is 5.75 Å². The summed E-state index contributed by atoms with van der Waals surface area (Å²) in [5, 5.41) is 22.6. The van der Waals surface area contributed by atoms with Gasteiger partial charge in [-0.15, -0.1) is 0 Å². The first-order valence-electron chi connectivity index (χ1n) is 12.2. The van der Waals surface area contributed by atoms with Crippen molar-refractivity contribution < 1.29 is 24.5 Å². The highest BCUT2D eigenvalue weighted by atomic mass is 35.5. The summed E-state index contributed by atoms with van der Waals surface area (Å²) in [5.41, 5.74) is 0.573. The van der Waals surface area contributed by atoms with E-state index >= 15 is 0 Å². The number of hydrogen-bond donors (Lipinski definition) is 2. The molecule has 2 N–H and O–H groups in total. The minimum atomic E-state index is -0.962. The van der Waals surface area contributed by atoms with E-state index in [-0.39, 0.29) is 12.5 Å². The van der Waals surface area contributed by atoms with Crippen LogP contribution in [0.2, 0.25) is 10.0 Å². The zero-order valence-corrected chi connectivity index (χ0v) is 21.6. The Morgan fingerprint density at radius 3 is 2.53 bits per heavy atom. The molecule has 2 fully saturated rings. The Balaban J connectivity index is 1.26. The fourth-order valence-corrected chi connectivity index (χ4v) is 4.81. The van der Waals surface area contributed by atoms with Crippen LogP contribution in [-0.2, 0) is 15.1 Å². The van der Waals surface area contributed by atoms with Crippen molar-refractivity contribution in [1.29, 1.82) is 0 Å². The summed E-state index contributed by atoms with van der Waals surface area (Å²) in [6, 6.07) is 12.7. The molecule has 1 unspecified atom stereocenters. The second kappa shape index (κ2) is 12.4. The van der Waals surface area contributed by atoms with Crippen molar-refractivity contribution in [2.24, 2.45) is 0 Å². The van der Waals surface area contributed by atoms with Gasteiger partial charge in [0.15, 0.2) is 0 Å². The first-order chi connectivity index (χ1) is 17.3. The van der Waals surface area contributed by atoms with Crippen LogP contribution in [0.15, 0.2) is 48.5 Å². The topological polar surface area (TPSA) is 82.5 Å². The van der Waals surface area contributed by atoms with Crippen LogP contribution >= 0.6 is 23.2 Å². The van der Waals surface area contributed by atoms with Gasteiger partial charge in [-0.3, -0.25) is 4.79 Å². The Kier molecular flexibility index (Phi) is 9.28. The molecule has 2 aromatic carbocycles. The molecule has 7 nitrogen and oxygen atoms in total. The molecular weight excluding hydrogens is 503 g/mol. The highest BCUT2D eigenvalue weighted by molar-refractivity contribution is 6.42. The van der Waals surface area contributed by atoms with E-state index in [1.165, 1.54) is 0 Å². The lowest BCUT2D eigenvalue weighted by Crippen LogP contribution is -2.46. The van der Waals surface area contributed by atoms with Gasteiger partial charge in [0.25, 0.3) is 0 Å². The Morgan fingerprint density at radius 1 is 1.08 bits per heavy atom. The van der Waals surface area contributed by atoms with Crippen LogP contribution in [-0.4, -0.2) is 84.6 Å². The Morgan fingerprint density at radius 2 is 1.81 bits per heavy atom. The summed E-state index contributed by atoms with van der Waals surface area (Å²) in [6.45, 7) is 4.13. The normalized spacial score (nSPS) is 19.4. The molecule has 9 heteroatoms. The van der Waals surface area contributed by atoms with Gasteiger partial charge in [-0.25, -0.2) is 0 Å². The predicted molar refractivity (Wildman–Crippen MR) is 140 cm³/mol. The number of carbonyl (C=O) groups excluding carboxylic acids is 1. The average Bonchev–Trinajstić information content (AvgIpc) is 2.90. The summed E-state index contributed by atoms with van der Waals surface area (Å²) >= 11 is 12.1. The molecule has 194 valence electrons. The number of aliphatic hydroxyl groups is 2. The second-order valence-corrected chi connectivity index (χ2v) is 10.0. The van der Waals surface area contributed by atoms with Gasteiger partial charge in [0, 0.05) is 44.4 Å². The monoisotopic (exact) mass is 534 g/mol. The van der Waals surface area contributed by atoms with Crippen molar-refractivity contribution in [3.63, 3.8) is 0 Å². The van der Waals surface area contributed by atoms with Gasteiger partial charge in [-0.1, -0.05) is 47.5 Å². The third kappa shape index (κ3) is 7.00. The van der Waals surface area contributed by atoms with E-state index in [1.807, 2.05) is 30.3 Å². The number of ether oxygens (including phenoxy) is 2. The van der Waals surface area contributed by atoms with E-state index in [0.29, 0.717) is 74.6 Å². The zero-order valence-electron chi connectivity index (χ0n) is 20.1. The highest BCUT2D eigenvalue weighted by Crippen LogP contribution is 2.36. The third-order valence-corrected chi connectivity index (χ3v) is 7.43. The molecule has 0 aliphatic carbocycles. The maximum absolute atomic E-state index is 12.4. The molecule has 0 aromatic heterocycles. The van der Waals surface area contributed by atoms with Crippen molar-refractivity contribution in [3.05, 3.63) is 69.7 Å². The number of carbonyl (C=O) groups is 1. The molecule has 1 amide bonds. The minimum Gasteiger partial charge on any atom is -0.490 e. The largest absolute Gasteiger partial charge is 0.490 e. The summed E-state index contributed by atoms with van der Waals surface area (Å²) in [7, 11) is 0. The van der Waals surface area contributed by atoms with Crippen molar-refractivity contribution in [1.82, 2.24) is 9.80 Å². The maximum atomic E-state index is 12.4. The highest BCUT2D eigenvalue weighted by Gasteiger charge is 2.34. The lowest BCUT2D eigenvalue weighted by molar-refractivity contribution is -0.129. The van der Waals surface area contributed by atoms with Crippen LogP contribution in [0.5, 0.6) is 5.75 Å². The van der Waals surface area contributed by atoms with Crippen LogP contribution in [0, 0.1) is 0 Å². The van der Waals surface area contributed by atoms with Crippen molar-refractivity contribution in [2.75, 3.05) is 52.5 Å². The number of hydrogen-bond acceptors (Lipinski definition) is 6. The van der Waals surface area contributed by atoms with Crippen LogP contribution in [0.25, 0.3) is 6.08 Å². The minimum absolute atomic E-state index is 0.0564. The molecule has 2 heterocycles. The van der Waals surface area contributed by atoms with E-state index in [2.05, 4.69) is 4.90 Å². The fraction of sp³-hybridized carbons (Fsp3) is 0.444. The van der Waals surface area contributed by atoms with E-state index in [0.717, 1.165) is 11.1 Å². The van der Waals surface area contributed by atoms with Crippen LogP contribution < -0.4 is 4.74 Å². The molecule has 4 rings (SSSR count). The average molecular weight is 535 g/mol. The van der Waals surface area contributed by atoms with Crippen LogP contribution in [0.4, 0.5) is 0 Å². The van der Waals surface area contributed by atoms with Crippen LogP contribution in [0.1, 0.15) is 24.0 Å². The zero-order chi connectivity index (χ0) is 25.5. The SMILES string of the molecule is O=C(C=Cc1ccccc1OCC(O)CN1CCC(O)(c2ccc(Cl)c(Cl)c2)CC1)N1CCOCC1. The number of para-hydroxylation sites is 1. The van der Waals surface area contributed by atoms with E-state index in [1.54, 1.807) is 29.2 Å². The smallest absolute Gasteiger partial charge is 0.246 e. The quantitative estimate of drug-likeness (QED) is 0.503. The van der Waals surface area contributed by atoms with Gasteiger partial charge in [0.2, 0.25) is 5.91 Å². The van der Waals surface area contributed by atoms with E-state index in [4.69, 9.17) is 32.7 Å². The number of rotatable bonds is 8. The Bertz CT molecular complexity index is 1070. The number of likely N-dealkylation sites (tertiary alicyclic amines) is 1. The molecule has 2 aliphatic rings. The van der Waals surface area contributed by atoms with Crippen molar-refractivity contribution >= 4 is 35.2 Å². The molecule has 2 aliphatic heterocycles. The van der Waals surface area contributed by atoms with Gasteiger partial charge in [0.1, 0.15) is 18.5 Å². The molecule has 0 saturated carbocycles. The van der Waals surface area contributed by atoms with Gasteiger partial charge in [0.05, 0.1) is 28.9 Å². The Hall–Kier alpha value is -2.13. The number of aliphatic hydroxyl groups excluding tert-OH is 1. The molecular formula is C27H32Cl2N2O5. The number of morpholine rings is 1. The summed E-state index contributed by atoms with van der Waals surface area (Å²) in [5.74, 6) is 0.550. The maximum Gasteiger partial charge on any atom is 0.246 e.